The maximum Gasteiger partial charge on any atom is 0.0422 e. The van der Waals surface area contributed by atoms with Crippen LogP contribution >= 0.6 is 0 Å². The van der Waals surface area contributed by atoms with Crippen LogP contribution in [0.1, 0.15) is 130 Å². The molecular weight excluding hydrogens is 398 g/mol. The van der Waals surface area contributed by atoms with Crippen molar-refractivity contribution in [1.29, 1.82) is 0 Å². The molecule has 0 aliphatic carbocycles. The molecule has 0 saturated carbocycles. The Hall–Kier alpha value is -1.76. The van der Waals surface area contributed by atoms with Crippen molar-refractivity contribution in [2.24, 2.45) is 0 Å². The number of hydrogen-bond donors (Lipinski definition) is 1. The first-order valence-corrected chi connectivity index (χ1v) is 13.4. The Morgan fingerprint density at radius 2 is 1.12 bits per heavy atom. The van der Waals surface area contributed by atoms with E-state index >= 15 is 0 Å². The minimum absolute atomic E-state index is 0.137. The van der Waals surface area contributed by atoms with Crippen molar-refractivity contribution < 1.29 is 0 Å². The molecule has 1 heteroatoms. The average molecular weight is 450 g/mol. The molecule has 2 aromatic carbocycles. The van der Waals surface area contributed by atoms with E-state index in [2.05, 4.69) is 110 Å². The van der Waals surface area contributed by atoms with Gasteiger partial charge in [-0.25, -0.2) is 0 Å². The highest BCUT2D eigenvalue weighted by Gasteiger charge is 2.27. The zero-order chi connectivity index (χ0) is 24.7. The van der Waals surface area contributed by atoms with E-state index in [4.69, 9.17) is 0 Å². The van der Waals surface area contributed by atoms with E-state index in [1.165, 1.54) is 79.4 Å². The third-order valence-electron chi connectivity index (χ3n) is 7.37. The molecule has 0 heterocycles. The minimum Gasteiger partial charge on any atom is -0.355 e. The highest BCUT2D eigenvalue weighted by molar-refractivity contribution is 5.66. The Morgan fingerprint density at radius 3 is 1.64 bits per heavy atom. The predicted octanol–water partition coefficient (Wildman–Crippen LogP) is 10.4. The van der Waals surface area contributed by atoms with Crippen molar-refractivity contribution in [2.45, 2.75) is 130 Å². The van der Waals surface area contributed by atoms with Gasteiger partial charge in [0.25, 0.3) is 0 Å². The normalized spacial score (nSPS) is 12.8. The van der Waals surface area contributed by atoms with Gasteiger partial charge in [-0.15, -0.1) is 0 Å². The second kappa shape index (κ2) is 11.6. The predicted molar refractivity (Wildman–Crippen MR) is 149 cm³/mol. The molecule has 33 heavy (non-hydrogen) atoms. The Labute approximate surface area is 205 Å². The highest BCUT2D eigenvalue weighted by atomic mass is 14.9. The fraction of sp³-hybridized carbons (Fsp3) is 0.625. The van der Waals surface area contributed by atoms with Gasteiger partial charge in [0, 0.05) is 11.4 Å². The van der Waals surface area contributed by atoms with Gasteiger partial charge in [0.05, 0.1) is 0 Å². The summed E-state index contributed by atoms with van der Waals surface area (Å²) in [7, 11) is 0. The lowest BCUT2D eigenvalue weighted by Crippen LogP contribution is -2.22. The van der Waals surface area contributed by atoms with Gasteiger partial charge in [-0.3, -0.25) is 0 Å². The van der Waals surface area contributed by atoms with E-state index in [1.807, 2.05) is 0 Å². The van der Waals surface area contributed by atoms with Crippen molar-refractivity contribution >= 4 is 11.4 Å². The Kier molecular flexibility index (Phi) is 9.65. The van der Waals surface area contributed by atoms with Gasteiger partial charge < -0.3 is 5.32 Å². The van der Waals surface area contributed by atoms with Gasteiger partial charge in [-0.2, -0.15) is 0 Å². The lowest BCUT2D eigenvalue weighted by atomic mass is 9.74. The first-order valence-electron chi connectivity index (χ1n) is 13.4. The first-order chi connectivity index (χ1) is 15.4. The summed E-state index contributed by atoms with van der Waals surface area (Å²) in [5, 5.41) is 3.78. The minimum atomic E-state index is 0.137. The molecule has 0 fully saturated rings. The largest absolute Gasteiger partial charge is 0.355 e. The molecule has 0 atom stereocenters. The fourth-order valence-electron chi connectivity index (χ4n) is 4.76. The van der Waals surface area contributed by atoms with Crippen LogP contribution in [-0.2, 0) is 16.2 Å². The lowest BCUT2D eigenvalue weighted by molar-refractivity contribution is 0.438. The van der Waals surface area contributed by atoms with Crippen molar-refractivity contribution in [2.75, 3.05) is 5.32 Å². The first kappa shape index (κ1) is 27.5. The van der Waals surface area contributed by atoms with Crippen LogP contribution in [0.3, 0.4) is 0 Å². The monoisotopic (exact) mass is 449 g/mol. The smallest absolute Gasteiger partial charge is 0.0422 e. The van der Waals surface area contributed by atoms with E-state index < -0.39 is 0 Å². The molecule has 184 valence electrons. The summed E-state index contributed by atoms with van der Waals surface area (Å²) in [5.41, 5.74) is 7.25. The molecule has 0 aromatic heterocycles. The van der Waals surface area contributed by atoms with Crippen LogP contribution in [0.5, 0.6) is 0 Å². The summed E-state index contributed by atoms with van der Waals surface area (Å²) in [6, 6.07) is 16.2. The van der Waals surface area contributed by atoms with Crippen molar-refractivity contribution in [1.82, 2.24) is 0 Å². The number of nitrogens with one attached hydrogen (secondary N) is 1. The molecule has 0 aliphatic rings. The number of anilines is 2. The molecule has 2 aromatic rings. The van der Waals surface area contributed by atoms with Gasteiger partial charge >= 0.3 is 0 Å². The van der Waals surface area contributed by atoms with Gasteiger partial charge in [0.1, 0.15) is 0 Å². The second-order valence-electron chi connectivity index (χ2n) is 12.4. The zero-order valence-corrected chi connectivity index (χ0v) is 23.2. The van der Waals surface area contributed by atoms with Crippen LogP contribution in [-0.4, -0.2) is 0 Å². The number of rotatable bonds is 12. The van der Waals surface area contributed by atoms with Crippen LogP contribution in [0.2, 0.25) is 0 Å². The molecule has 0 amide bonds. The third-order valence-corrected chi connectivity index (χ3v) is 7.37. The van der Waals surface area contributed by atoms with Crippen molar-refractivity contribution in [3.8, 4) is 0 Å². The Bertz CT molecular complexity index is 849. The van der Waals surface area contributed by atoms with Crippen molar-refractivity contribution in [3.63, 3.8) is 0 Å². The zero-order valence-electron chi connectivity index (χ0n) is 23.2. The lowest BCUT2D eigenvalue weighted by Gasteiger charge is -2.32. The van der Waals surface area contributed by atoms with Crippen LogP contribution in [0.4, 0.5) is 11.4 Å². The van der Waals surface area contributed by atoms with Crippen LogP contribution in [0, 0.1) is 0 Å². The van der Waals surface area contributed by atoms with Gasteiger partial charge in [-0.1, -0.05) is 125 Å². The van der Waals surface area contributed by atoms with E-state index in [9.17, 15) is 0 Å². The summed E-state index contributed by atoms with van der Waals surface area (Å²) in [4.78, 5) is 0. The summed E-state index contributed by atoms with van der Waals surface area (Å²) >= 11 is 0. The van der Waals surface area contributed by atoms with Crippen LogP contribution in [0.15, 0.2) is 42.5 Å². The SMILES string of the molecule is CCCCCC(C)(C)c1ccc(Nc2ccc(C(C)(C)C)cc2)c(C(C)(C)CCCCC)c1. The molecule has 0 bridgehead atoms. The van der Waals surface area contributed by atoms with Gasteiger partial charge in [0.2, 0.25) is 0 Å². The standard InChI is InChI=1S/C32H51N/c1-10-12-14-22-31(6,7)26-18-21-29(28(24-26)32(8,9)23-15-13-11-2)33-27-19-16-25(17-20-27)30(3,4)5/h16-21,24,33H,10-15,22-23H2,1-9H3. The summed E-state index contributed by atoms with van der Waals surface area (Å²) < 4.78 is 0. The second-order valence-corrected chi connectivity index (χ2v) is 12.4. The Balaban J connectivity index is 2.40. The molecule has 0 aliphatic heterocycles. The summed E-state index contributed by atoms with van der Waals surface area (Å²) in [6.45, 7) is 21.1. The molecule has 1 N–H and O–H groups in total. The van der Waals surface area contributed by atoms with E-state index in [0.29, 0.717) is 0 Å². The summed E-state index contributed by atoms with van der Waals surface area (Å²) in [6.07, 6.45) is 10.2. The summed E-state index contributed by atoms with van der Waals surface area (Å²) in [5.74, 6) is 0. The molecule has 1 nitrogen and oxygen atoms in total. The molecule has 0 saturated heterocycles. The molecule has 2 rings (SSSR count). The maximum atomic E-state index is 3.78. The van der Waals surface area contributed by atoms with E-state index in [1.54, 1.807) is 0 Å². The highest BCUT2D eigenvalue weighted by Crippen LogP contribution is 2.40. The van der Waals surface area contributed by atoms with E-state index in [0.717, 1.165) is 0 Å². The van der Waals surface area contributed by atoms with Crippen molar-refractivity contribution in [3.05, 3.63) is 59.2 Å². The van der Waals surface area contributed by atoms with Crippen LogP contribution in [0.25, 0.3) is 0 Å². The van der Waals surface area contributed by atoms with Gasteiger partial charge in [-0.05, 0) is 64.0 Å². The topological polar surface area (TPSA) is 12.0 Å². The number of benzene rings is 2. The van der Waals surface area contributed by atoms with Crippen LogP contribution < -0.4 is 5.32 Å². The Morgan fingerprint density at radius 1 is 0.606 bits per heavy atom. The average Bonchev–Trinajstić information content (AvgIpc) is 2.74. The quantitative estimate of drug-likeness (QED) is 0.318. The van der Waals surface area contributed by atoms with Gasteiger partial charge in [0.15, 0.2) is 0 Å². The third kappa shape index (κ3) is 7.90. The van der Waals surface area contributed by atoms with E-state index in [-0.39, 0.29) is 16.2 Å². The fourth-order valence-corrected chi connectivity index (χ4v) is 4.76. The molecule has 0 unspecified atom stereocenters. The maximum absolute atomic E-state index is 3.78. The number of hydrogen-bond acceptors (Lipinski definition) is 1. The molecule has 0 radical (unpaired) electrons. The molecular formula is C32H51N. The number of unbranched alkanes of at least 4 members (excludes halogenated alkanes) is 4. The molecule has 0 spiro atoms.